The van der Waals surface area contributed by atoms with Crippen LogP contribution in [-0.2, 0) is 21.3 Å². The van der Waals surface area contributed by atoms with Crippen LogP contribution in [0.5, 0.6) is 5.75 Å². The van der Waals surface area contributed by atoms with Gasteiger partial charge < -0.3 is 4.18 Å². The average Bonchev–Trinajstić information content (AvgIpc) is 2.80. The Kier molecular flexibility index (Phi) is 6.28. The van der Waals surface area contributed by atoms with Gasteiger partial charge in [0.1, 0.15) is 4.90 Å². The zero-order chi connectivity index (χ0) is 22.4. The molecule has 0 fully saturated rings. The quantitative estimate of drug-likeness (QED) is 0.262. The molecule has 0 saturated heterocycles. The molecule has 4 aromatic rings. The third-order valence-electron chi connectivity index (χ3n) is 4.74. The molecule has 0 aliphatic carbocycles. The molecule has 1 amide bonds. The highest BCUT2D eigenvalue weighted by Crippen LogP contribution is 2.27. The molecule has 0 heterocycles. The summed E-state index contributed by atoms with van der Waals surface area (Å²) in [6, 6.07) is 28.1. The van der Waals surface area contributed by atoms with Crippen LogP contribution in [0, 0.1) is 0 Å². The number of fused-ring (bicyclic) bond motifs is 1. The first-order valence-corrected chi connectivity index (χ1v) is 11.3. The van der Waals surface area contributed by atoms with Gasteiger partial charge in [0.15, 0.2) is 5.75 Å². The molecule has 0 radical (unpaired) electrons. The Balaban J connectivity index is 1.52. The third kappa shape index (κ3) is 5.01. The highest BCUT2D eigenvalue weighted by molar-refractivity contribution is 7.87. The van der Waals surface area contributed by atoms with Gasteiger partial charge in [-0.25, -0.2) is 5.43 Å². The maximum atomic E-state index is 13.0. The Morgan fingerprint density at radius 3 is 2.38 bits per heavy atom. The number of para-hydroxylation sites is 1. The van der Waals surface area contributed by atoms with Crippen LogP contribution in [-0.4, -0.2) is 20.5 Å². The van der Waals surface area contributed by atoms with E-state index in [4.69, 9.17) is 4.18 Å². The van der Waals surface area contributed by atoms with Crippen LogP contribution in [0.25, 0.3) is 10.8 Å². The van der Waals surface area contributed by atoms with Crippen molar-refractivity contribution in [3.63, 3.8) is 0 Å². The summed E-state index contributed by atoms with van der Waals surface area (Å²) in [4.78, 5) is 12.2. The Bertz CT molecular complexity index is 1380. The van der Waals surface area contributed by atoms with Gasteiger partial charge in [0.25, 0.3) is 0 Å². The smallest absolute Gasteiger partial charge is 0.339 e. The number of amides is 1. The Morgan fingerprint density at radius 1 is 0.844 bits per heavy atom. The van der Waals surface area contributed by atoms with Crippen LogP contribution in [0.3, 0.4) is 0 Å². The zero-order valence-corrected chi connectivity index (χ0v) is 17.8. The van der Waals surface area contributed by atoms with Crippen molar-refractivity contribution in [2.24, 2.45) is 5.10 Å². The number of benzene rings is 4. The number of hydrogen-bond donors (Lipinski definition) is 1. The van der Waals surface area contributed by atoms with Gasteiger partial charge in [-0.3, -0.25) is 4.79 Å². The summed E-state index contributed by atoms with van der Waals surface area (Å²) in [6.07, 6.45) is 1.54. The van der Waals surface area contributed by atoms with Crippen molar-refractivity contribution in [1.29, 1.82) is 0 Å². The molecule has 32 heavy (non-hydrogen) atoms. The summed E-state index contributed by atoms with van der Waals surface area (Å²) in [7, 11) is -4.09. The van der Waals surface area contributed by atoms with Crippen LogP contribution >= 0.6 is 0 Å². The summed E-state index contributed by atoms with van der Waals surface area (Å²) >= 11 is 0. The fourth-order valence-corrected chi connectivity index (χ4v) is 4.41. The van der Waals surface area contributed by atoms with Crippen molar-refractivity contribution < 1.29 is 17.4 Å². The summed E-state index contributed by atoms with van der Waals surface area (Å²) in [5.74, 6) is -0.171. The summed E-state index contributed by atoms with van der Waals surface area (Å²) in [5, 5.41) is 5.33. The lowest BCUT2D eigenvalue weighted by Gasteiger charge is -2.11. The van der Waals surface area contributed by atoms with E-state index >= 15 is 0 Å². The molecule has 0 spiro atoms. The molecule has 4 aromatic carbocycles. The van der Waals surface area contributed by atoms with E-state index in [1.165, 1.54) is 18.3 Å². The molecule has 0 atom stereocenters. The minimum Gasteiger partial charge on any atom is -0.378 e. The van der Waals surface area contributed by atoms with E-state index in [-0.39, 0.29) is 23.0 Å². The average molecular weight is 445 g/mol. The monoisotopic (exact) mass is 444 g/mol. The molecule has 0 saturated carbocycles. The number of rotatable bonds is 7. The number of carbonyl (C=O) groups is 1. The topological polar surface area (TPSA) is 84.8 Å². The molecule has 6 nitrogen and oxygen atoms in total. The molecule has 1 N–H and O–H groups in total. The number of nitrogens with one attached hydrogen (secondary N) is 1. The standard InChI is InChI=1S/C25H20N2O4S/c28-25(17-19-9-2-1-3-10-19)27-26-18-21-12-5-7-15-23(21)31-32(29,30)24-16-8-13-20-11-4-6-14-22(20)24/h1-16,18H,17H2,(H,27,28). The van der Waals surface area contributed by atoms with Gasteiger partial charge in [0.05, 0.1) is 12.6 Å². The molecule has 160 valence electrons. The first-order chi connectivity index (χ1) is 15.5. The summed E-state index contributed by atoms with van der Waals surface area (Å²) in [5.41, 5.74) is 3.73. The van der Waals surface area contributed by atoms with Gasteiger partial charge in [-0.2, -0.15) is 13.5 Å². The van der Waals surface area contributed by atoms with Gasteiger partial charge in [-0.1, -0.05) is 78.9 Å². The van der Waals surface area contributed by atoms with Crippen LogP contribution in [0.1, 0.15) is 11.1 Å². The molecule has 4 rings (SSSR count). The largest absolute Gasteiger partial charge is 0.378 e. The normalized spacial score (nSPS) is 11.5. The second kappa shape index (κ2) is 9.45. The molecule has 7 heteroatoms. The number of hydrazone groups is 1. The molecule has 0 aromatic heterocycles. The molecule has 0 unspecified atom stereocenters. The van der Waals surface area contributed by atoms with E-state index in [2.05, 4.69) is 10.5 Å². The van der Waals surface area contributed by atoms with Crippen molar-refractivity contribution in [2.75, 3.05) is 0 Å². The first kappa shape index (κ1) is 21.3. The highest BCUT2D eigenvalue weighted by Gasteiger charge is 2.20. The lowest BCUT2D eigenvalue weighted by atomic mass is 10.1. The molecular weight excluding hydrogens is 424 g/mol. The minimum atomic E-state index is -4.09. The molecule has 0 bridgehead atoms. The van der Waals surface area contributed by atoms with E-state index in [1.54, 1.807) is 36.4 Å². The van der Waals surface area contributed by atoms with Crippen LogP contribution < -0.4 is 9.61 Å². The predicted molar refractivity (Wildman–Crippen MR) is 124 cm³/mol. The van der Waals surface area contributed by atoms with Crippen molar-refractivity contribution in [2.45, 2.75) is 11.3 Å². The van der Waals surface area contributed by atoms with Gasteiger partial charge in [0, 0.05) is 10.9 Å². The first-order valence-electron chi connectivity index (χ1n) is 9.90. The van der Waals surface area contributed by atoms with Gasteiger partial charge in [-0.05, 0) is 29.1 Å². The van der Waals surface area contributed by atoms with Gasteiger partial charge >= 0.3 is 10.1 Å². The lowest BCUT2D eigenvalue weighted by Crippen LogP contribution is -2.19. The second-order valence-corrected chi connectivity index (χ2v) is 8.52. The zero-order valence-electron chi connectivity index (χ0n) is 17.0. The Morgan fingerprint density at radius 2 is 1.53 bits per heavy atom. The fourth-order valence-electron chi connectivity index (χ4n) is 3.23. The van der Waals surface area contributed by atoms with Crippen LogP contribution in [0.4, 0.5) is 0 Å². The fraction of sp³-hybridized carbons (Fsp3) is 0.0400. The van der Waals surface area contributed by atoms with Gasteiger partial charge in [0.2, 0.25) is 5.91 Å². The molecular formula is C25H20N2O4S. The third-order valence-corrected chi connectivity index (χ3v) is 6.03. The SMILES string of the molecule is O=C(Cc1ccccc1)NN=Cc1ccccc1OS(=O)(=O)c1cccc2ccccc12. The van der Waals surface area contributed by atoms with Crippen LogP contribution in [0.2, 0.25) is 0 Å². The summed E-state index contributed by atoms with van der Waals surface area (Å²) in [6.45, 7) is 0. The van der Waals surface area contributed by atoms with E-state index in [9.17, 15) is 13.2 Å². The van der Waals surface area contributed by atoms with Crippen LogP contribution in [0.15, 0.2) is 107 Å². The Hall–Kier alpha value is -3.97. The van der Waals surface area contributed by atoms with Crippen molar-refractivity contribution in [1.82, 2.24) is 5.43 Å². The lowest BCUT2D eigenvalue weighted by molar-refractivity contribution is -0.120. The van der Waals surface area contributed by atoms with Gasteiger partial charge in [-0.15, -0.1) is 0 Å². The predicted octanol–water partition coefficient (Wildman–Crippen LogP) is 4.30. The maximum Gasteiger partial charge on any atom is 0.339 e. The maximum absolute atomic E-state index is 13.0. The number of carbonyl (C=O) groups excluding carboxylic acids is 1. The summed E-state index contributed by atoms with van der Waals surface area (Å²) < 4.78 is 31.5. The second-order valence-electron chi connectivity index (χ2n) is 7.01. The van der Waals surface area contributed by atoms with Crippen molar-refractivity contribution in [3.05, 3.63) is 108 Å². The highest BCUT2D eigenvalue weighted by atomic mass is 32.2. The Labute approximate surface area is 186 Å². The van der Waals surface area contributed by atoms with E-state index in [1.807, 2.05) is 48.5 Å². The number of nitrogens with zero attached hydrogens (tertiary/aromatic N) is 1. The van der Waals surface area contributed by atoms with Crippen molar-refractivity contribution >= 4 is 33.0 Å². The number of hydrogen-bond acceptors (Lipinski definition) is 5. The van der Waals surface area contributed by atoms with E-state index < -0.39 is 10.1 Å². The minimum absolute atomic E-state index is 0.0819. The molecule has 0 aliphatic rings. The van der Waals surface area contributed by atoms with E-state index in [0.717, 1.165) is 10.9 Å². The molecule has 0 aliphatic heterocycles. The van der Waals surface area contributed by atoms with Crippen molar-refractivity contribution in [3.8, 4) is 5.75 Å². The van der Waals surface area contributed by atoms with E-state index in [0.29, 0.717) is 10.9 Å².